The molecule has 1 aliphatic carbocycles. The molecule has 0 bridgehead atoms. The zero-order chi connectivity index (χ0) is 15.0. The number of nitrogens with one attached hydrogen (secondary N) is 2. The molecule has 1 saturated heterocycles. The van der Waals surface area contributed by atoms with Gasteiger partial charge in [-0.2, -0.15) is 13.2 Å². The van der Waals surface area contributed by atoms with Crippen molar-refractivity contribution in [2.45, 2.75) is 37.9 Å². The zero-order valence-corrected chi connectivity index (χ0v) is 10.8. The lowest BCUT2D eigenvalue weighted by Gasteiger charge is -2.31. The van der Waals surface area contributed by atoms with Crippen molar-refractivity contribution in [1.82, 2.24) is 10.6 Å². The minimum absolute atomic E-state index is 0.0188. The van der Waals surface area contributed by atoms with E-state index in [0.717, 1.165) is 12.8 Å². The van der Waals surface area contributed by atoms with Crippen LogP contribution < -0.4 is 10.6 Å². The van der Waals surface area contributed by atoms with Gasteiger partial charge >= 0.3 is 12.1 Å². The van der Waals surface area contributed by atoms with Gasteiger partial charge in [-0.25, -0.2) is 0 Å². The second-order valence-corrected chi connectivity index (χ2v) is 5.52. The number of aliphatic carboxylic acids is 1. The number of amides is 1. The molecular weight excluding hydrogens is 277 g/mol. The molecule has 0 spiro atoms. The first-order valence-corrected chi connectivity index (χ1v) is 6.56. The van der Waals surface area contributed by atoms with E-state index < -0.39 is 36.1 Å². The molecule has 0 aromatic carbocycles. The van der Waals surface area contributed by atoms with Crippen LogP contribution in [0.15, 0.2) is 0 Å². The van der Waals surface area contributed by atoms with Crippen molar-refractivity contribution in [1.29, 1.82) is 0 Å². The Balaban J connectivity index is 2.10. The van der Waals surface area contributed by atoms with Crippen molar-refractivity contribution in [3.05, 3.63) is 0 Å². The number of alkyl halides is 3. The standard InChI is InChI=1S/C12H17F3N2O3/c13-12(14,15)11(3-4-16-6-11)10(20)17-8(5-9(18)19)7-1-2-7/h7-8,16H,1-6H2,(H,17,20)(H,18,19). The van der Waals surface area contributed by atoms with E-state index in [0.29, 0.717) is 0 Å². The van der Waals surface area contributed by atoms with Gasteiger partial charge in [-0.1, -0.05) is 0 Å². The number of carboxylic acids is 1. The molecule has 5 nitrogen and oxygen atoms in total. The van der Waals surface area contributed by atoms with E-state index in [4.69, 9.17) is 5.11 Å². The number of rotatable bonds is 5. The average Bonchev–Trinajstić information content (AvgIpc) is 3.02. The van der Waals surface area contributed by atoms with Crippen molar-refractivity contribution in [2.24, 2.45) is 11.3 Å². The summed E-state index contributed by atoms with van der Waals surface area (Å²) < 4.78 is 39.5. The van der Waals surface area contributed by atoms with Crippen molar-refractivity contribution in [2.75, 3.05) is 13.1 Å². The summed E-state index contributed by atoms with van der Waals surface area (Å²) in [4.78, 5) is 22.8. The quantitative estimate of drug-likeness (QED) is 0.704. The maximum Gasteiger partial charge on any atom is 0.404 e. The minimum atomic E-state index is -4.64. The van der Waals surface area contributed by atoms with Gasteiger partial charge in [0.05, 0.1) is 6.42 Å². The van der Waals surface area contributed by atoms with Crippen LogP contribution in [0, 0.1) is 11.3 Å². The van der Waals surface area contributed by atoms with E-state index in [1.54, 1.807) is 0 Å². The van der Waals surface area contributed by atoms with Gasteiger partial charge < -0.3 is 15.7 Å². The highest BCUT2D eigenvalue weighted by atomic mass is 19.4. The molecule has 2 atom stereocenters. The van der Waals surface area contributed by atoms with E-state index in [1.807, 2.05) is 0 Å². The molecule has 20 heavy (non-hydrogen) atoms. The van der Waals surface area contributed by atoms with E-state index >= 15 is 0 Å². The van der Waals surface area contributed by atoms with Gasteiger partial charge in [-0.15, -0.1) is 0 Å². The summed E-state index contributed by atoms with van der Waals surface area (Å²) in [6.45, 7) is -0.327. The van der Waals surface area contributed by atoms with Gasteiger partial charge in [-0.05, 0) is 31.7 Å². The molecule has 1 saturated carbocycles. The molecule has 1 aliphatic heterocycles. The number of hydrogen-bond donors (Lipinski definition) is 3. The Labute approximate surface area is 113 Å². The van der Waals surface area contributed by atoms with E-state index in [9.17, 15) is 22.8 Å². The second-order valence-electron chi connectivity index (χ2n) is 5.52. The summed E-state index contributed by atoms with van der Waals surface area (Å²) >= 11 is 0. The molecule has 2 fully saturated rings. The Morgan fingerprint density at radius 1 is 1.40 bits per heavy atom. The van der Waals surface area contributed by atoms with Crippen molar-refractivity contribution in [3.63, 3.8) is 0 Å². The van der Waals surface area contributed by atoms with Crippen LogP contribution in [0.2, 0.25) is 0 Å². The topological polar surface area (TPSA) is 78.4 Å². The molecule has 114 valence electrons. The van der Waals surface area contributed by atoms with Crippen LogP contribution in [0.5, 0.6) is 0 Å². The van der Waals surface area contributed by atoms with Crippen LogP contribution in [0.25, 0.3) is 0 Å². The Bertz CT molecular complexity index is 401. The van der Waals surface area contributed by atoms with Crippen molar-refractivity contribution >= 4 is 11.9 Å². The smallest absolute Gasteiger partial charge is 0.404 e. The van der Waals surface area contributed by atoms with Crippen molar-refractivity contribution < 1.29 is 27.9 Å². The summed E-state index contributed by atoms with van der Waals surface area (Å²) in [6.07, 6.45) is -3.80. The van der Waals surface area contributed by atoms with Gasteiger partial charge in [0.1, 0.15) is 0 Å². The van der Waals surface area contributed by atoms with Crippen LogP contribution in [0.4, 0.5) is 13.2 Å². The monoisotopic (exact) mass is 294 g/mol. The number of carbonyl (C=O) groups is 2. The van der Waals surface area contributed by atoms with Gasteiger partial charge in [-0.3, -0.25) is 9.59 Å². The largest absolute Gasteiger partial charge is 0.481 e. The van der Waals surface area contributed by atoms with Crippen LogP contribution in [-0.2, 0) is 9.59 Å². The SMILES string of the molecule is O=C(O)CC(NC(=O)C1(C(F)(F)F)CCNC1)C1CC1. The molecule has 1 amide bonds. The van der Waals surface area contributed by atoms with E-state index in [-0.39, 0.29) is 25.3 Å². The average molecular weight is 294 g/mol. The Hall–Kier alpha value is -1.31. The van der Waals surface area contributed by atoms with Gasteiger partial charge in [0.2, 0.25) is 5.91 Å². The third kappa shape index (κ3) is 2.89. The zero-order valence-electron chi connectivity index (χ0n) is 10.8. The third-order valence-electron chi connectivity index (χ3n) is 4.03. The predicted octanol–water partition coefficient (Wildman–Crippen LogP) is 0.898. The summed E-state index contributed by atoms with van der Waals surface area (Å²) in [7, 11) is 0. The first kappa shape index (κ1) is 15.1. The molecule has 0 radical (unpaired) electrons. The van der Waals surface area contributed by atoms with E-state index in [2.05, 4.69) is 10.6 Å². The highest BCUT2D eigenvalue weighted by molar-refractivity contribution is 5.85. The first-order valence-electron chi connectivity index (χ1n) is 6.56. The fourth-order valence-electron chi connectivity index (χ4n) is 2.59. The maximum atomic E-state index is 13.2. The summed E-state index contributed by atoms with van der Waals surface area (Å²) in [5.74, 6) is -2.24. The highest BCUT2D eigenvalue weighted by Gasteiger charge is 2.61. The molecule has 2 rings (SSSR count). The summed E-state index contributed by atoms with van der Waals surface area (Å²) in [5.41, 5.74) is -2.43. The normalized spacial score (nSPS) is 28.1. The maximum absolute atomic E-state index is 13.2. The predicted molar refractivity (Wildman–Crippen MR) is 62.9 cm³/mol. The third-order valence-corrected chi connectivity index (χ3v) is 4.03. The fraction of sp³-hybridized carbons (Fsp3) is 0.833. The number of hydrogen-bond acceptors (Lipinski definition) is 3. The number of halogens is 3. The summed E-state index contributed by atoms with van der Waals surface area (Å²) in [6, 6.07) is -0.708. The Morgan fingerprint density at radius 2 is 2.05 bits per heavy atom. The molecule has 0 aromatic rings. The Morgan fingerprint density at radius 3 is 2.45 bits per heavy atom. The van der Waals surface area contributed by atoms with Gasteiger partial charge in [0.25, 0.3) is 0 Å². The molecule has 2 unspecified atom stereocenters. The van der Waals surface area contributed by atoms with Crippen LogP contribution in [-0.4, -0.2) is 42.3 Å². The van der Waals surface area contributed by atoms with Crippen LogP contribution in [0.1, 0.15) is 25.7 Å². The lowest BCUT2D eigenvalue weighted by Crippen LogP contribution is -2.55. The van der Waals surface area contributed by atoms with E-state index in [1.165, 1.54) is 0 Å². The summed E-state index contributed by atoms with van der Waals surface area (Å²) in [5, 5.41) is 13.7. The van der Waals surface area contributed by atoms with Crippen molar-refractivity contribution in [3.8, 4) is 0 Å². The molecule has 8 heteroatoms. The molecule has 3 N–H and O–H groups in total. The Kier molecular flexibility index (Phi) is 3.95. The minimum Gasteiger partial charge on any atom is -0.481 e. The molecular formula is C12H17F3N2O3. The fourth-order valence-corrected chi connectivity index (χ4v) is 2.59. The molecule has 0 aromatic heterocycles. The lowest BCUT2D eigenvalue weighted by atomic mass is 9.84. The number of carbonyl (C=O) groups excluding carboxylic acids is 1. The van der Waals surface area contributed by atoms with Crippen LogP contribution in [0.3, 0.4) is 0 Å². The van der Waals surface area contributed by atoms with Gasteiger partial charge in [0, 0.05) is 12.6 Å². The first-order chi connectivity index (χ1) is 9.26. The second kappa shape index (κ2) is 5.23. The molecule has 2 aliphatic rings. The highest BCUT2D eigenvalue weighted by Crippen LogP contribution is 2.44. The van der Waals surface area contributed by atoms with Crippen LogP contribution >= 0.6 is 0 Å². The molecule has 1 heterocycles. The van der Waals surface area contributed by atoms with Gasteiger partial charge in [0.15, 0.2) is 5.41 Å². The number of carboxylic acid groups (broad SMARTS) is 1. The lowest BCUT2D eigenvalue weighted by molar-refractivity contribution is -0.216.